The molecule has 14 heavy (non-hydrogen) atoms. The number of hydrogen-bond acceptors (Lipinski definition) is 1. The summed E-state index contributed by atoms with van der Waals surface area (Å²) in [6, 6.07) is 0.161. The standard InChI is InChI=1S/C10H12F3N/c1-3-7(14)8-6(11)4-5(2)9(12)10(8)13/h4,7H,3,14H2,1-2H3/t7-/m1/s1. The fourth-order valence-corrected chi connectivity index (χ4v) is 1.27. The molecular weight excluding hydrogens is 191 g/mol. The van der Waals surface area contributed by atoms with E-state index in [-0.39, 0.29) is 11.1 Å². The minimum absolute atomic E-state index is 0.0490. The molecule has 0 unspecified atom stereocenters. The molecule has 2 N–H and O–H groups in total. The Morgan fingerprint density at radius 1 is 1.29 bits per heavy atom. The van der Waals surface area contributed by atoms with Crippen LogP contribution in [0.1, 0.15) is 30.5 Å². The molecule has 1 rings (SSSR count). The highest BCUT2D eigenvalue weighted by molar-refractivity contribution is 5.29. The largest absolute Gasteiger partial charge is 0.324 e. The van der Waals surface area contributed by atoms with Crippen LogP contribution in [0.5, 0.6) is 0 Å². The first-order valence-corrected chi connectivity index (χ1v) is 4.38. The molecule has 0 aliphatic rings. The first kappa shape index (κ1) is 11.0. The van der Waals surface area contributed by atoms with Gasteiger partial charge in [0.15, 0.2) is 11.6 Å². The predicted molar refractivity (Wildman–Crippen MR) is 48.3 cm³/mol. The molecule has 0 aromatic heterocycles. The summed E-state index contributed by atoms with van der Waals surface area (Å²) < 4.78 is 39.6. The van der Waals surface area contributed by atoms with Crippen LogP contribution in [-0.2, 0) is 0 Å². The van der Waals surface area contributed by atoms with Gasteiger partial charge in [0.2, 0.25) is 0 Å². The zero-order valence-electron chi connectivity index (χ0n) is 8.07. The Morgan fingerprint density at radius 2 is 1.86 bits per heavy atom. The van der Waals surface area contributed by atoms with Gasteiger partial charge in [0.25, 0.3) is 0 Å². The van der Waals surface area contributed by atoms with Crippen molar-refractivity contribution >= 4 is 0 Å². The summed E-state index contributed by atoms with van der Waals surface area (Å²) in [7, 11) is 0. The second-order valence-corrected chi connectivity index (χ2v) is 3.23. The molecule has 0 aliphatic heterocycles. The normalized spacial score (nSPS) is 13.0. The van der Waals surface area contributed by atoms with Gasteiger partial charge < -0.3 is 5.73 Å². The highest BCUT2D eigenvalue weighted by atomic mass is 19.2. The average Bonchev–Trinajstić information content (AvgIpc) is 2.14. The molecule has 0 spiro atoms. The van der Waals surface area contributed by atoms with E-state index in [1.54, 1.807) is 6.92 Å². The van der Waals surface area contributed by atoms with E-state index < -0.39 is 23.5 Å². The van der Waals surface area contributed by atoms with Crippen LogP contribution in [0.15, 0.2) is 6.07 Å². The van der Waals surface area contributed by atoms with Crippen molar-refractivity contribution in [3.8, 4) is 0 Å². The molecule has 78 valence electrons. The molecule has 0 aliphatic carbocycles. The van der Waals surface area contributed by atoms with Gasteiger partial charge in [-0.2, -0.15) is 0 Å². The van der Waals surface area contributed by atoms with E-state index in [1.165, 1.54) is 6.92 Å². The van der Waals surface area contributed by atoms with Gasteiger partial charge in [0.1, 0.15) is 5.82 Å². The lowest BCUT2D eigenvalue weighted by Gasteiger charge is -2.13. The number of benzene rings is 1. The van der Waals surface area contributed by atoms with Crippen molar-refractivity contribution in [1.29, 1.82) is 0 Å². The van der Waals surface area contributed by atoms with Gasteiger partial charge in [0, 0.05) is 11.6 Å². The summed E-state index contributed by atoms with van der Waals surface area (Å²) in [6.07, 6.45) is 0.357. The topological polar surface area (TPSA) is 26.0 Å². The monoisotopic (exact) mass is 203 g/mol. The van der Waals surface area contributed by atoms with Crippen molar-refractivity contribution in [2.24, 2.45) is 5.73 Å². The van der Waals surface area contributed by atoms with Crippen LogP contribution >= 0.6 is 0 Å². The van der Waals surface area contributed by atoms with Gasteiger partial charge in [-0.3, -0.25) is 0 Å². The first-order chi connectivity index (χ1) is 6.49. The van der Waals surface area contributed by atoms with Gasteiger partial charge in [0.05, 0.1) is 0 Å². The Balaban J connectivity index is 3.36. The molecular formula is C10H12F3N. The lowest BCUT2D eigenvalue weighted by atomic mass is 10.0. The molecule has 4 heteroatoms. The van der Waals surface area contributed by atoms with Gasteiger partial charge in [-0.05, 0) is 25.0 Å². The van der Waals surface area contributed by atoms with Crippen molar-refractivity contribution in [2.45, 2.75) is 26.3 Å². The Morgan fingerprint density at radius 3 is 2.36 bits per heavy atom. The molecule has 1 aromatic rings. The number of halogens is 3. The molecule has 0 fully saturated rings. The first-order valence-electron chi connectivity index (χ1n) is 4.38. The maximum Gasteiger partial charge on any atom is 0.166 e. The van der Waals surface area contributed by atoms with Gasteiger partial charge >= 0.3 is 0 Å². The van der Waals surface area contributed by atoms with Crippen LogP contribution in [-0.4, -0.2) is 0 Å². The van der Waals surface area contributed by atoms with Crippen LogP contribution in [0.2, 0.25) is 0 Å². The van der Waals surface area contributed by atoms with Crippen LogP contribution in [0.3, 0.4) is 0 Å². The second-order valence-electron chi connectivity index (χ2n) is 3.23. The van der Waals surface area contributed by atoms with E-state index in [2.05, 4.69) is 0 Å². The number of nitrogens with two attached hydrogens (primary N) is 1. The minimum Gasteiger partial charge on any atom is -0.324 e. The van der Waals surface area contributed by atoms with E-state index in [0.29, 0.717) is 6.42 Å². The maximum absolute atomic E-state index is 13.3. The van der Waals surface area contributed by atoms with Crippen LogP contribution in [0.25, 0.3) is 0 Å². The summed E-state index contributed by atoms with van der Waals surface area (Å²) in [5.41, 5.74) is 5.05. The highest BCUT2D eigenvalue weighted by Crippen LogP contribution is 2.25. The fraction of sp³-hybridized carbons (Fsp3) is 0.400. The summed E-state index contributed by atoms with van der Waals surface area (Å²) in [6.45, 7) is 2.99. The lowest BCUT2D eigenvalue weighted by molar-refractivity contribution is 0.457. The molecule has 0 bridgehead atoms. The smallest absolute Gasteiger partial charge is 0.166 e. The molecule has 0 heterocycles. The third-order valence-electron chi connectivity index (χ3n) is 2.19. The third-order valence-corrected chi connectivity index (χ3v) is 2.19. The van der Waals surface area contributed by atoms with E-state index in [0.717, 1.165) is 6.07 Å². The van der Waals surface area contributed by atoms with Gasteiger partial charge in [-0.15, -0.1) is 0 Å². The van der Waals surface area contributed by atoms with Crippen molar-refractivity contribution in [2.75, 3.05) is 0 Å². The summed E-state index contributed by atoms with van der Waals surface area (Å²) >= 11 is 0. The van der Waals surface area contributed by atoms with E-state index in [1.807, 2.05) is 0 Å². The quantitative estimate of drug-likeness (QED) is 0.735. The second kappa shape index (κ2) is 4.00. The highest BCUT2D eigenvalue weighted by Gasteiger charge is 2.20. The van der Waals surface area contributed by atoms with E-state index >= 15 is 0 Å². The molecule has 1 nitrogen and oxygen atoms in total. The predicted octanol–water partition coefficient (Wildman–Crippen LogP) is 2.82. The van der Waals surface area contributed by atoms with Crippen molar-refractivity contribution < 1.29 is 13.2 Å². The van der Waals surface area contributed by atoms with E-state index in [4.69, 9.17) is 5.73 Å². The third kappa shape index (κ3) is 1.75. The zero-order valence-corrected chi connectivity index (χ0v) is 8.07. The Bertz CT molecular complexity index is 350. The van der Waals surface area contributed by atoms with Crippen molar-refractivity contribution in [3.63, 3.8) is 0 Å². The SMILES string of the molecule is CC[C@@H](N)c1c(F)cc(C)c(F)c1F. The zero-order chi connectivity index (χ0) is 10.9. The molecule has 0 radical (unpaired) electrons. The Kier molecular flexibility index (Phi) is 3.16. The molecule has 1 aromatic carbocycles. The summed E-state index contributed by atoms with van der Waals surface area (Å²) in [4.78, 5) is 0. The number of rotatable bonds is 2. The summed E-state index contributed by atoms with van der Waals surface area (Å²) in [5, 5.41) is 0. The molecule has 0 saturated heterocycles. The minimum atomic E-state index is -1.17. The average molecular weight is 203 g/mol. The lowest BCUT2D eigenvalue weighted by Crippen LogP contribution is -2.14. The van der Waals surface area contributed by atoms with Crippen molar-refractivity contribution in [1.82, 2.24) is 0 Å². The van der Waals surface area contributed by atoms with Gasteiger partial charge in [-0.25, -0.2) is 13.2 Å². The number of hydrogen-bond donors (Lipinski definition) is 1. The molecule has 0 saturated carbocycles. The van der Waals surface area contributed by atoms with Crippen LogP contribution < -0.4 is 5.73 Å². The Labute approximate surface area is 80.7 Å². The van der Waals surface area contributed by atoms with E-state index in [9.17, 15) is 13.2 Å². The molecule has 1 atom stereocenters. The van der Waals surface area contributed by atoms with Crippen molar-refractivity contribution in [3.05, 3.63) is 34.6 Å². The maximum atomic E-state index is 13.3. The molecule has 0 amide bonds. The van der Waals surface area contributed by atoms with Gasteiger partial charge in [-0.1, -0.05) is 6.92 Å². The summed E-state index contributed by atoms with van der Waals surface area (Å²) in [5.74, 6) is -2.97. The number of aryl methyl sites for hydroxylation is 1. The van der Waals surface area contributed by atoms with Crippen LogP contribution in [0, 0.1) is 24.4 Å². The fourth-order valence-electron chi connectivity index (χ4n) is 1.27. The van der Waals surface area contributed by atoms with Crippen LogP contribution in [0.4, 0.5) is 13.2 Å². The Hall–Kier alpha value is -1.03.